The molecule has 0 fully saturated rings. The monoisotopic (exact) mass is 485 g/mol. The summed E-state index contributed by atoms with van der Waals surface area (Å²) < 4.78 is 68.6. The number of halogens is 1. The Balaban J connectivity index is 2.00. The lowest BCUT2D eigenvalue weighted by Crippen LogP contribution is -2.50. The van der Waals surface area contributed by atoms with Crippen molar-refractivity contribution in [2.24, 2.45) is 5.92 Å². The zero-order chi connectivity index (χ0) is 24.1. The Kier molecular flexibility index (Phi) is 8.52. The van der Waals surface area contributed by atoms with Crippen molar-refractivity contribution < 1.29 is 26.0 Å². The molecule has 2 rings (SSSR count). The van der Waals surface area contributed by atoms with E-state index < -0.39 is 48.6 Å². The van der Waals surface area contributed by atoms with Crippen LogP contribution in [-0.2, 0) is 24.8 Å². The number of hydrogen-bond acceptors (Lipinski definition) is 5. The fraction of sp³-hybridized carbons (Fsp3) is 0.381. The van der Waals surface area contributed by atoms with Crippen LogP contribution in [0.25, 0.3) is 0 Å². The molecule has 0 spiro atoms. The lowest BCUT2D eigenvalue weighted by Gasteiger charge is -2.22. The third-order valence-electron chi connectivity index (χ3n) is 4.71. The average Bonchev–Trinajstić information content (AvgIpc) is 2.71. The first-order valence-electron chi connectivity index (χ1n) is 9.96. The Labute approximate surface area is 188 Å². The van der Waals surface area contributed by atoms with Gasteiger partial charge in [-0.15, -0.1) is 0 Å². The summed E-state index contributed by atoms with van der Waals surface area (Å²) in [5.41, 5.74) is 1.39. The van der Waals surface area contributed by atoms with Gasteiger partial charge >= 0.3 is 0 Å². The lowest BCUT2D eigenvalue weighted by atomic mass is 10.1. The second-order valence-electron chi connectivity index (χ2n) is 7.73. The molecule has 0 aromatic heterocycles. The minimum atomic E-state index is -4.28. The van der Waals surface area contributed by atoms with Crippen LogP contribution < -0.4 is 14.8 Å². The van der Waals surface area contributed by atoms with Crippen molar-refractivity contribution in [3.05, 3.63) is 59.4 Å². The summed E-state index contributed by atoms with van der Waals surface area (Å²) in [6.45, 7) is 6.59. The number of hydrogen-bond donors (Lipinski definition) is 3. The van der Waals surface area contributed by atoms with Crippen LogP contribution >= 0.6 is 0 Å². The van der Waals surface area contributed by atoms with Gasteiger partial charge in [0.1, 0.15) is 16.8 Å². The Hall–Kier alpha value is -2.34. The molecule has 0 bridgehead atoms. The maximum absolute atomic E-state index is 13.9. The summed E-state index contributed by atoms with van der Waals surface area (Å²) in [5, 5.41) is 2.52. The van der Waals surface area contributed by atoms with Crippen LogP contribution in [0.1, 0.15) is 25.0 Å². The Bertz CT molecular complexity index is 1180. The van der Waals surface area contributed by atoms with Crippen molar-refractivity contribution in [3.8, 4) is 0 Å². The highest BCUT2D eigenvalue weighted by molar-refractivity contribution is 7.89. The smallest absolute Gasteiger partial charge is 0.244 e. The highest BCUT2D eigenvalue weighted by Gasteiger charge is 2.29. The number of carbonyl (C=O) groups excluding carboxylic acids is 1. The first-order chi connectivity index (χ1) is 14.8. The molecule has 0 unspecified atom stereocenters. The van der Waals surface area contributed by atoms with Crippen molar-refractivity contribution in [1.82, 2.24) is 14.8 Å². The summed E-state index contributed by atoms with van der Waals surface area (Å²) in [6.07, 6.45) is 0. The van der Waals surface area contributed by atoms with Gasteiger partial charge in [-0.25, -0.2) is 25.9 Å². The van der Waals surface area contributed by atoms with E-state index in [1.165, 1.54) is 12.1 Å². The zero-order valence-electron chi connectivity index (χ0n) is 18.3. The summed E-state index contributed by atoms with van der Waals surface area (Å²) in [5.74, 6) is -2.02. The van der Waals surface area contributed by atoms with Crippen LogP contribution in [0.3, 0.4) is 0 Å². The minimum Gasteiger partial charge on any atom is -0.353 e. The largest absolute Gasteiger partial charge is 0.353 e. The molecule has 1 amide bonds. The van der Waals surface area contributed by atoms with Crippen LogP contribution in [0.2, 0.25) is 0 Å². The van der Waals surface area contributed by atoms with Crippen molar-refractivity contribution in [3.63, 3.8) is 0 Å². The molecule has 0 heterocycles. The summed E-state index contributed by atoms with van der Waals surface area (Å²) in [6, 6.07) is 8.77. The van der Waals surface area contributed by atoms with E-state index in [-0.39, 0.29) is 18.0 Å². The van der Waals surface area contributed by atoms with Gasteiger partial charge < -0.3 is 5.32 Å². The maximum Gasteiger partial charge on any atom is 0.244 e. The van der Waals surface area contributed by atoms with Gasteiger partial charge in [0.25, 0.3) is 0 Å². The van der Waals surface area contributed by atoms with Crippen molar-refractivity contribution in [1.29, 1.82) is 0 Å². The standard InChI is InChI=1S/C21H28FN3O5S2/c1-14(2)20(25-32(29,30)18-8-6-5-7-17(18)22)21(26)23-11-12-24-31(27,28)19-13-15(3)9-10-16(19)4/h5-10,13-14,20,24-25H,11-12H2,1-4H3,(H,23,26)/t20-/m0/s1. The number of rotatable bonds is 10. The third-order valence-corrected chi connectivity index (χ3v) is 7.78. The Morgan fingerprint density at radius 1 is 0.938 bits per heavy atom. The average molecular weight is 486 g/mol. The van der Waals surface area contributed by atoms with Gasteiger partial charge in [0.15, 0.2) is 0 Å². The highest BCUT2D eigenvalue weighted by atomic mass is 32.2. The predicted molar refractivity (Wildman–Crippen MR) is 119 cm³/mol. The van der Waals surface area contributed by atoms with E-state index in [1.54, 1.807) is 39.8 Å². The second-order valence-corrected chi connectivity index (χ2v) is 11.1. The topological polar surface area (TPSA) is 121 Å². The SMILES string of the molecule is Cc1ccc(C)c(S(=O)(=O)NCCNC(=O)[C@@H](NS(=O)(=O)c2ccccc2F)C(C)C)c1. The normalized spacial score (nSPS) is 13.2. The van der Waals surface area contributed by atoms with Gasteiger partial charge in [0, 0.05) is 13.1 Å². The molecular weight excluding hydrogens is 457 g/mol. The molecule has 0 aliphatic rings. The van der Waals surface area contributed by atoms with E-state index in [0.29, 0.717) is 5.56 Å². The van der Waals surface area contributed by atoms with E-state index >= 15 is 0 Å². The van der Waals surface area contributed by atoms with E-state index in [9.17, 15) is 26.0 Å². The van der Waals surface area contributed by atoms with E-state index in [0.717, 1.165) is 17.7 Å². The molecule has 32 heavy (non-hydrogen) atoms. The van der Waals surface area contributed by atoms with Crippen molar-refractivity contribution >= 4 is 26.0 Å². The fourth-order valence-electron chi connectivity index (χ4n) is 2.94. The number of amides is 1. The van der Waals surface area contributed by atoms with E-state index in [2.05, 4.69) is 14.8 Å². The van der Waals surface area contributed by atoms with Crippen molar-refractivity contribution in [2.75, 3.05) is 13.1 Å². The number of aryl methyl sites for hydroxylation is 2. The third kappa shape index (κ3) is 6.58. The first-order valence-corrected chi connectivity index (χ1v) is 12.9. The number of sulfonamides is 2. The molecular formula is C21H28FN3O5S2. The minimum absolute atomic E-state index is 0.0619. The number of benzene rings is 2. The van der Waals surface area contributed by atoms with Gasteiger partial charge in [0.05, 0.1) is 4.90 Å². The molecule has 0 radical (unpaired) electrons. The number of nitrogens with one attached hydrogen (secondary N) is 3. The lowest BCUT2D eigenvalue weighted by molar-refractivity contribution is -0.123. The molecule has 0 saturated heterocycles. The van der Waals surface area contributed by atoms with Crippen molar-refractivity contribution in [2.45, 2.75) is 43.5 Å². The molecule has 1 atom stereocenters. The van der Waals surface area contributed by atoms with Crippen LogP contribution in [-0.4, -0.2) is 41.9 Å². The molecule has 176 valence electrons. The van der Waals surface area contributed by atoms with Gasteiger partial charge in [-0.3, -0.25) is 4.79 Å². The maximum atomic E-state index is 13.9. The fourth-order valence-corrected chi connectivity index (χ4v) is 5.72. The predicted octanol–water partition coefficient (Wildman–Crippen LogP) is 1.84. The van der Waals surface area contributed by atoms with Crippen LogP contribution in [0, 0.1) is 25.6 Å². The Morgan fingerprint density at radius 2 is 1.59 bits per heavy atom. The molecule has 0 saturated carbocycles. The zero-order valence-corrected chi connectivity index (χ0v) is 20.0. The van der Waals surface area contributed by atoms with Gasteiger partial charge in [0.2, 0.25) is 26.0 Å². The first kappa shape index (κ1) is 25.9. The van der Waals surface area contributed by atoms with Crippen LogP contribution in [0.15, 0.2) is 52.3 Å². The molecule has 2 aromatic rings. The molecule has 3 N–H and O–H groups in total. The summed E-state index contributed by atoms with van der Waals surface area (Å²) in [4.78, 5) is 12.2. The van der Waals surface area contributed by atoms with Gasteiger partial charge in [-0.1, -0.05) is 38.1 Å². The van der Waals surface area contributed by atoms with Crippen LogP contribution in [0.5, 0.6) is 0 Å². The summed E-state index contributed by atoms with van der Waals surface area (Å²) in [7, 11) is -8.05. The Morgan fingerprint density at radius 3 is 2.22 bits per heavy atom. The molecule has 0 aliphatic carbocycles. The number of carbonyl (C=O) groups is 1. The summed E-state index contributed by atoms with van der Waals surface area (Å²) >= 11 is 0. The molecule has 8 nitrogen and oxygen atoms in total. The van der Waals surface area contributed by atoms with E-state index in [1.807, 2.05) is 6.07 Å². The van der Waals surface area contributed by atoms with Gasteiger partial charge in [-0.2, -0.15) is 4.72 Å². The van der Waals surface area contributed by atoms with Gasteiger partial charge in [-0.05, 0) is 49.1 Å². The van der Waals surface area contributed by atoms with Crippen LogP contribution in [0.4, 0.5) is 4.39 Å². The highest BCUT2D eigenvalue weighted by Crippen LogP contribution is 2.17. The quantitative estimate of drug-likeness (QED) is 0.444. The van der Waals surface area contributed by atoms with E-state index in [4.69, 9.17) is 0 Å². The molecule has 11 heteroatoms. The molecule has 2 aromatic carbocycles. The molecule has 0 aliphatic heterocycles. The second kappa shape index (κ2) is 10.5.